The Morgan fingerprint density at radius 1 is 1.18 bits per heavy atom. The van der Waals surface area contributed by atoms with Crippen molar-refractivity contribution in [3.63, 3.8) is 0 Å². The van der Waals surface area contributed by atoms with E-state index in [4.69, 9.17) is 9.47 Å². The Morgan fingerprint density at radius 2 is 2.08 bits per heavy atom. The summed E-state index contributed by atoms with van der Waals surface area (Å²) in [6, 6.07) is 11.3. The maximum atomic E-state index is 13.9. The number of hydrogen-bond donors (Lipinski definition) is 0. The molecule has 1 aromatic carbocycles. The van der Waals surface area contributed by atoms with Crippen LogP contribution in [0.15, 0.2) is 42.7 Å². The molecule has 38 heavy (non-hydrogen) atoms. The molecule has 0 spiro atoms. The molecule has 5 rings (SSSR count). The van der Waals surface area contributed by atoms with Crippen LogP contribution >= 0.6 is 0 Å². The third-order valence-electron chi connectivity index (χ3n) is 8.95. The molecule has 1 amide bonds. The number of ether oxygens (including phenoxy) is 2. The number of carbonyl (C=O) groups is 1. The molecule has 206 valence electrons. The number of hydrogen-bond acceptors (Lipinski definition) is 4. The van der Waals surface area contributed by atoms with Crippen LogP contribution in [0.5, 0.6) is 5.75 Å². The lowest BCUT2D eigenvalue weighted by Crippen LogP contribution is -2.44. The van der Waals surface area contributed by atoms with Gasteiger partial charge in [-0.25, -0.2) is 4.57 Å². The van der Waals surface area contributed by atoms with Crippen molar-refractivity contribution in [2.75, 3.05) is 37.7 Å². The number of aromatic nitrogens is 1. The van der Waals surface area contributed by atoms with Crippen molar-refractivity contribution in [1.82, 2.24) is 4.90 Å². The van der Waals surface area contributed by atoms with Gasteiger partial charge in [0.1, 0.15) is 18.5 Å². The second-order valence-corrected chi connectivity index (χ2v) is 11.6. The number of carbonyl (C=O) groups excluding carboxylic acids is 1. The Labute approximate surface area is 228 Å². The molecule has 0 bridgehead atoms. The van der Waals surface area contributed by atoms with Gasteiger partial charge in [-0.1, -0.05) is 32.4 Å². The number of rotatable bonds is 10. The topological polar surface area (TPSA) is 45.9 Å². The molecular formula is C32H46N3O3+. The summed E-state index contributed by atoms with van der Waals surface area (Å²) in [5.41, 5.74) is 3.72. The number of benzene rings is 1. The average molecular weight is 521 g/mol. The van der Waals surface area contributed by atoms with E-state index >= 15 is 0 Å². The molecule has 0 saturated carbocycles. The van der Waals surface area contributed by atoms with Crippen LogP contribution in [0.25, 0.3) is 0 Å². The predicted octanol–water partition coefficient (Wildman–Crippen LogP) is 5.03. The van der Waals surface area contributed by atoms with Crippen LogP contribution in [0.1, 0.15) is 75.8 Å². The van der Waals surface area contributed by atoms with Gasteiger partial charge in [0.25, 0.3) is 0 Å². The summed E-state index contributed by atoms with van der Waals surface area (Å²) in [6.45, 7) is 8.42. The molecule has 2 fully saturated rings. The van der Waals surface area contributed by atoms with Gasteiger partial charge in [-0.05, 0) is 67.7 Å². The van der Waals surface area contributed by atoms with Crippen LogP contribution in [0.4, 0.5) is 5.69 Å². The minimum absolute atomic E-state index is 0.207. The normalized spacial score (nSPS) is 25.2. The summed E-state index contributed by atoms with van der Waals surface area (Å²) >= 11 is 0. The summed E-state index contributed by atoms with van der Waals surface area (Å²) in [6.07, 6.45) is 13.3. The molecule has 1 aromatic heterocycles. The molecule has 1 unspecified atom stereocenters. The third kappa shape index (κ3) is 6.23. The Morgan fingerprint density at radius 3 is 2.87 bits per heavy atom. The summed E-state index contributed by atoms with van der Waals surface area (Å²) < 4.78 is 13.9. The van der Waals surface area contributed by atoms with Crippen molar-refractivity contribution in [3.05, 3.63) is 53.9 Å². The number of pyridine rings is 1. The van der Waals surface area contributed by atoms with Crippen LogP contribution in [-0.2, 0) is 23.0 Å². The second-order valence-electron chi connectivity index (χ2n) is 11.6. The molecule has 2 saturated heterocycles. The lowest BCUT2D eigenvalue weighted by Gasteiger charge is -2.31. The maximum absolute atomic E-state index is 13.9. The zero-order valence-electron chi connectivity index (χ0n) is 23.6. The summed E-state index contributed by atoms with van der Waals surface area (Å²) in [7, 11) is 2.02. The fraction of sp³-hybridized carbons (Fsp3) is 0.625. The number of anilines is 1. The molecule has 0 N–H and O–H groups in total. The molecule has 4 heterocycles. The smallest absolute Gasteiger partial charge is 0.241 e. The van der Waals surface area contributed by atoms with Crippen molar-refractivity contribution in [2.24, 2.45) is 13.0 Å². The Bertz CT molecular complexity index is 1080. The van der Waals surface area contributed by atoms with Crippen molar-refractivity contribution < 1.29 is 18.8 Å². The first-order chi connectivity index (χ1) is 18.5. The van der Waals surface area contributed by atoms with Crippen LogP contribution in [0.3, 0.4) is 0 Å². The lowest BCUT2D eigenvalue weighted by atomic mass is 9.84. The molecular weight excluding hydrogens is 474 g/mol. The number of fused-ring (bicyclic) bond motifs is 1. The average Bonchev–Trinajstić information content (AvgIpc) is 3.52. The summed E-state index contributed by atoms with van der Waals surface area (Å²) in [4.78, 5) is 18.4. The van der Waals surface area contributed by atoms with E-state index < -0.39 is 0 Å². The van der Waals surface area contributed by atoms with Gasteiger partial charge in [0.05, 0.1) is 19.3 Å². The number of nitrogens with zero attached hydrogens (tertiary/aromatic N) is 3. The maximum Gasteiger partial charge on any atom is 0.241 e. The minimum Gasteiger partial charge on any atom is -0.493 e. The SMILES string of the molecule is CCCCN(C(=O)CN1C[C@H](c2ccc3c(c2)CCO3)[C@@H](C)[C@@H]1CCC1CCCCO1)c1ccc[n+](C)c1. The molecule has 0 aliphatic carbocycles. The van der Waals surface area contributed by atoms with Crippen LogP contribution in [-0.4, -0.2) is 55.8 Å². The van der Waals surface area contributed by atoms with E-state index in [1.54, 1.807) is 0 Å². The lowest BCUT2D eigenvalue weighted by molar-refractivity contribution is -0.670. The number of likely N-dealkylation sites (tertiary alicyclic amines) is 1. The monoisotopic (exact) mass is 520 g/mol. The highest BCUT2D eigenvalue weighted by Gasteiger charge is 2.41. The van der Waals surface area contributed by atoms with E-state index in [1.807, 2.05) is 28.8 Å². The van der Waals surface area contributed by atoms with Crippen molar-refractivity contribution >= 4 is 11.6 Å². The fourth-order valence-electron chi connectivity index (χ4n) is 6.72. The standard InChI is InChI=1S/C32H46N3O3/c1-4-5-17-35(27-9-8-16-33(3)21-27)32(36)23-34-22-29(25-11-14-31-26(20-25)15-19-38-31)24(2)30(34)13-12-28-10-6-7-18-37-28/h8-9,11,14,16,20-21,24,28-30H,4-7,10,12-13,15,17-19,22-23H2,1-3H3/q+1/t24-,28?,29+,30+/m1/s1. The number of amides is 1. The second kappa shape index (κ2) is 12.6. The zero-order valence-corrected chi connectivity index (χ0v) is 23.6. The number of aryl methyl sites for hydroxylation is 1. The molecule has 0 radical (unpaired) electrons. The highest BCUT2D eigenvalue weighted by Crippen LogP contribution is 2.41. The Balaban J connectivity index is 1.35. The van der Waals surface area contributed by atoms with Gasteiger partial charge in [0.15, 0.2) is 12.4 Å². The molecule has 6 heteroatoms. The van der Waals surface area contributed by atoms with Gasteiger partial charge in [-0.3, -0.25) is 9.69 Å². The van der Waals surface area contributed by atoms with Crippen LogP contribution < -0.4 is 14.2 Å². The van der Waals surface area contributed by atoms with Gasteiger partial charge < -0.3 is 14.4 Å². The zero-order chi connectivity index (χ0) is 26.5. The van der Waals surface area contributed by atoms with Gasteiger partial charge in [0.2, 0.25) is 5.91 Å². The highest BCUT2D eigenvalue weighted by molar-refractivity contribution is 5.94. The largest absolute Gasteiger partial charge is 0.493 e. The van der Waals surface area contributed by atoms with Crippen molar-refractivity contribution in [2.45, 2.75) is 83.3 Å². The molecule has 2 aromatic rings. The Hall–Kier alpha value is -2.44. The molecule has 4 atom stereocenters. The van der Waals surface area contributed by atoms with E-state index in [1.165, 1.54) is 30.4 Å². The summed E-state index contributed by atoms with van der Waals surface area (Å²) in [5, 5.41) is 0. The van der Waals surface area contributed by atoms with E-state index in [0.29, 0.717) is 30.5 Å². The molecule has 3 aliphatic rings. The number of unbranched alkanes of at least 4 members (excludes halogenated alkanes) is 1. The Kier molecular flexibility index (Phi) is 9.01. The van der Waals surface area contributed by atoms with Crippen LogP contribution in [0.2, 0.25) is 0 Å². The van der Waals surface area contributed by atoms with E-state index in [-0.39, 0.29) is 5.91 Å². The van der Waals surface area contributed by atoms with Crippen molar-refractivity contribution in [1.29, 1.82) is 0 Å². The van der Waals surface area contributed by atoms with E-state index in [0.717, 1.165) is 69.8 Å². The first-order valence-electron chi connectivity index (χ1n) is 14.9. The van der Waals surface area contributed by atoms with E-state index in [9.17, 15) is 4.79 Å². The van der Waals surface area contributed by atoms with Crippen molar-refractivity contribution in [3.8, 4) is 5.75 Å². The fourth-order valence-corrected chi connectivity index (χ4v) is 6.72. The quantitative estimate of drug-likeness (QED) is 0.412. The van der Waals surface area contributed by atoms with Crippen LogP contribution in [0, 0.1) is 5.92 Å². The van der Waals surface area contributed by atoms with E-state index in [2.05, 4.69) is 49.2 Å². The summed E-state index contributed by atoms with van der Waals surface area (Å²) in [5.74, 6) is 2.15. The highest BCUT2D eigenvalue weighted by atomic mass is 16.5. The predicted molar refractivity (Wildman–Crippen MR) is 151 cm³/mol. The third-order valence-corrected chi connectivity index (χ3v) is 8.95. The molecule has 6 nitrogen and oxygen atoms in total. The van der Waals surface area contributed by atoms with Gasteiger partial charge in [0, 0.05) is 44.1 Å². The van der Waals surface area contributed by atoms with Gasteiger partial charge >= 0.3 is 0 Å². The molecule has 3 aliphatic heterocycles. The van der Waals surface area contributed by atoms with Gasteiger partial charge in [-0.2, -0.15) is 0 Å². The first kappa shape index (κ1) is 27.1. The first-order valence-corrected chi connectivity index (χ1v) is 14.9. The van der Waals surface area contributed by atoms with Gasteiger partial charge in [-0.15, -0.1) is 0 Å². The minimum atomic E-state index is 0.207.